The molecule has 3 nitrogen and oxygen atoms in total. The molecule has 20 heavy (non-hydrogen) atoms. The molecular formula is C16H17BrO3. The van der Waals surface area contributed by atoms with Crippen LogP contribution in [0.4, 0.5) is 0 Å². The lowest BCUT2D eigenvalue weighted by molar-refractivity contribution is 0.300. The maximum absolute atomic E-state index is 5.89. The van der Waals surface area contributed by atoms with E-state index in [9.17, 15) is 0 Å². The van der Waals surface area contributed by atoms with Crippen LogP contribution in [0.3, 0.4) is 0 Å². The minimum absolute atomic E-state index is 0.490. The second kappa shape index (κ2) is 7.20. The fraction of sp³-hybridized carbons (Fsp3) is 0.250. The zero-order valence-corrected chi connectivity index (χ0v) is 13.1. The third-order valence-electron chi connectivity index (χ3n) is 2.95. The molecule has 4 heteroatoms. The molecule has 0 aliphatic heterocycles. The van der Waals surface area contributed by atoms with E-state index in [4.69, 9.17) is 14.2 Å². The lowest BCUT2D eigenvalue weighted by atomic mass is 10.2. The van der Waals surface area contributed by atoms with E-state index in [-0.39, 0.29) is 0 Å². The SMILES string of the molecule is COc1cccc(COc2cc(OC)ccc2CBr)c1. The highest BCUT2D eigenvalue weighted by atomic mass is 79.9. The predicted octanol–water partition coefficient (Wildman–Crippen LogP) is 4.18. The fourth-order valence-electron chi connectivity index (χ4n) is 1.83. The number of ether oxygens (including phenoxy) is 3. The highest BCUT2D eigenvalue weighted by Crippen LogP contribution is 2.27. The van der Waals surface area contributed by atoms with Crippen LogP contribution in [-0.4, -0.2) is 14.2 Å². The second-order valence-electron chi connectivity index (χ2n) is 4.25. The Hall–Kier alpha value is -1.68. The molecule has 106 valence electrons. The van der Waals surface area contributed by atoms with Crippen molar-refractivity contribution in [1.82, 2.24) is 0 Å². The molecule has 0 aromatic heterocycles. The average molecular weight is 337 g/mol. The molecular weight excluding hydrogens is 320 g/mol. The number of alkyl halides is 1. The number of hydrogen-bond donors (Lipinski definition) is 0. The molecule has 2 aromatic carbocycles. The summed E-state index contributed by atoms with van der Waals surface area (Å²) in [6, 6.07) is 13.7. The summed E-state index contributed by atoms with van der Waals surface area (Å²) < 4.78 is 16.3. The Labute approximate surface area is 127 Å². The lowest BCUT2D eigenvalue weighted by Crippen LogP contribution is -1.99. The van der Waals surface area contributed by atoms with Crippen molar-refractivity contribution in [2.45, 2.75) is 11.9 Å². The van der Waals surface area contributed by atoms with Crippen LogP contribution in [0.2, 0.25) is 0 Å². The van der Waals surface area contributed by atoms with Crippen LogP contribution < -0.4 is 14.2 Å². The van der Waals surface area contributed by atoms with Gasteiger partial charge in [-0.3, -0.25) is 0 Å². The van der Waals surface area contributed by atoms with E-state index in [0.29, 0.717) is 6.61 Å². The van der Waals surface area contributed by atoms with Crippen LogP contribution in [0.15, 0.2) is 42.5 Å². The van der Waals surface area contributed by atoms with Gasteiger partial charge in [-0.05, 0) is 23.8 Å². The van der Waals surface area contributed by atoms with E-state index in [1.165, 1.54) is 0 Å². The van der Waals surface area contributed by atoms with E-state index in [2.05, 4.69) is 15.9 Å². The Kier molecular flexibility index (Phi) is 5.30. The molecule has 0 aliphatic rings. The number of benzene rings is 2. The first kappa shape index (κ1) is 14.7. The maximum atomic E-state index is 5.89. The van der Waals surface area contributed by atoms with Crippen molar-refractivity contribution >= 4 is 15.9 Å². The van der Waals surface area contributed by atoms with Gasteiger partial charge in [0.05, 0.1) is 14.2 Å². The van der Waals surface area contributed by atoms with Crippen molar-refractivity contribution in [3.8, 4) is 17.2 Å². The summed E-state index contributed by atoms with van der Waals surface area (Å²) in [4.78, 5) is 0. The minimum Gasteiger partial charge on any atom is -0.497 e. The summed E-state index contributed by atoms with van der Waals surface area (Å²) in [5.74, 6) is 2.44. The third kappa shape index (κ3) is 3.67. The molecule has 2 rings (SSSR count). The molecule has 0 N–H and O–H groups in total. The van der Waals surface area contributed by atoms with Crippen molar-refractivity contribution in [1.29, 1.82) is 0 Å². The van der Waals surface area contributed by atoms with Gasteiger partial charge in [-0.15, -0.1) is 0 Å². The van der Waals surface area contributed by atoms with Crippen molar-refractivity contribution < 1.29 is 14.2 Å². The van der Waals surface area contributed by atoms with E-state index >= 15 is 0 Å². The molecule has 0 atom stereocenters. The van der Waals surface area contributed by atoms with Crippen LogP contribution >= 0.6 is 15.9 Å². The quantitative estimate of drug-likeness (QED) is 0.740. The molecule has 0 saturated heterocycles. The molecule has 0 fully saturated rings. The summed E-state index contributed by atoms with van der Waals surface area (Å²) in [6.07, 6.45) is 0. The first-order valence-electron chi connectivity index (χ1n) is 6.25. The van der Waals surface area contributed by atoms with Gasteiger partial charge in [-0.1, -0.05) is 34.1 Å². The predicted molar refractivity (Wildman–Crippen MR) is 83.0 cm³/mol. The zero-order chi connectivity index (χ0) is 14.4. The van der Waals surface area contributed by atoms with Crippen LogP contribution in [-0.2, 0) is 11.9 Å². The van der Waals surface area contributed by atoms with Crippen molar-refractivity contribution in [2.75, 3.05) is 14.2 Å². The van der Waals surface area contributed by atoms with Gasteiger partial charge in [0.2, 0.25) is 0 Å². The van der Waals surface area contributed by atoms with Gasteiger partial charge in [-0.25, -0.2) is 0 Å². The summed E-state index contributed by atoms with van der Waals surface area (Å²) >= 11 is 3.46. The molecule has 0 spiro atoms. The molecule has 0 bridgehead atoms. The Bertz CT molecular complexity index is 569. The van der Waals surface area contributed by atoms with Gasteiger partial charge in [0.15, 0.2) is 0 Å². The molecule has 0 heterocycles. The smallest absolute Gasteiger partial charge is 0.127 e. The first-order chi connectivity index (χ1) is 9.76. The van der Waals surface area contributed by atoms with E-state index < -0.39 is 0 Å². The standard InChI is InChI=1S/C16H17BrO3/c1-18-14-5-3-4-12(8-14)11-20-16-9-15(19-2)7-6-13(16)10-17/h3-9H,10-11H2,1-2H3. The Morgan fingerprint density at radius 2 is 1.70 bits per heavy atom. The normalized spacial score (nSPS) is 10.2. The highest BCUT2D eigenvalue weighted by Gasteiger charge is 2.06. The summed E-state index contributed by atoms with van der Waals surface area (Å²) in [6.45, 7) is 0.490. The van der Waals surface area contributed by atoms with Crippen LogP contribution in [0, 0.1) is 0 Å². The van der Waals surface area contributed by atoms with Gasteiger partial charge in [-0.2, -0.15) is 0 Å². The average Bonchev–Trinajstić information content (AvgIpc) is 2.52. The van der Waals surface area contributed by atoms with Crippen molar-refractivity contribution in [3.05, 3.63) is 53.6 Å². The molecule has 0 aliphatic carbocycles. The van der Waals surface area contributed by atoms with Gasteiger partial charge in [0, 0.05) is 17.0 Å². The zero-order valence-electron chi connectivity index (χ0n) is 11.6. The minimum atomic E-state index is 0.490. The monoisotopic (exact) mass is 336 g/mol. The van der Waals surface area contributed by atoms with Gasteiger partial charge < -0.3 is 14.2 Å². The highest BCUT2D eigenvalue weighted by molar-refractivity contribution is 9.08. The Morgan fingerprint density at radius 3 is 2.40 bits per heavy atom. The number of methoxy groups -OCH3 is 2. The van der Waals surface area contributed by atoms with Crippen molar-refractivity contribution in [3.63, 3.8) is 0 Å². The van der Waals surface area contributed by atoms with Gasteiger partial charge in [0.25, 0.3) is 0 Å². The number of rotatable bonds is 6. The number of halogens is 1. The Morgan fingerprint density at radius 1 is 0.950 bits per heavy atom. The van der Waals surface area contributed by atoms with Crippen LogP contribution in [0.25, 0.3) is 0 Å². The second-order valence-corrected chi connectivity index (χ2v) is 4.81. The molecule has 0 unspecified atom stereocenters. The van der Waals surface area contributed by atoms with Crippen LogP contribution in [0.1, 0.15) is 11.1 Å². The summed E-state index contributed by atoms with van der Waals surface area (Å²) in [7, 11) is 3.31. The van der Waals surface area contributed by atoms with E-state index in [0.717, 1.165) is 33.7 Å². The van der Waals surface area contributed by atoms with Gasteiger partial charge in [0.1, 0.15) is 23.9 Å². The maximum Gasteiger partial charge on any atom is 0.127 e. The fourth-order valence-corrected chi connectivity index (χ4v) is 2.29. The summed E-state index contributed by atoms with van der Waals surface area (Å²) in [5.41, 5.74) is 2.15. The van der Waals surface area contributed by atoms with E-state index in [1.54, 1.807) is 14.2 Å². The molecule has 0 saturated carbocycles. The number of hydrogen-bond acceptors (Lipinski definition) is 3. The van der Waals surface area contributed by atoms with Gasteiger partial charge >= 0.3 is 0 Å². The molecule has 0 radical (unpaired) electrons. The summed E-state index contributed by atoms with van der Waals surface area (Å²) in [5, 5.41) is 0.741. The largest absolute Gasteiger partial charge is 0.497 e. The van der Waals surface area contributed by atoms with Crippen molar-refractivity contribution in [2.24, 2.45) is 0 Å². The lowest BCUT2D eigenvalue weighted by Gasteiger charge is -2.12. The van der Waals surface area contributed by atoms with Crippen LogP contribution in [0.5, 0.6) is 17.2 Å². The molecule has 2 aromatic rings. The van der Waals surface area contributed by atoms with E-state index in [1.807, 2.05) is 42.5 Å². The Balaban J connectivity index is 2.12. The topological polar surface area (TPSA) is 27.7 Å². The first-order valence-corrected chi connectivity index (χ1v) is 7.37. The molecule has 0 amide bonds. The third-order valence-corrected chi connectivity index (χ3v) is 3.55.